The second-order valence-electron chi connectivity index (χ2n) is 5.87. The number of anilines is 1. The number of rotatable bonds is 7. The predicted molar refractivity (Wildman–Crippen MR) is 110 cm³/mol. The largest absolute Gasteiger partial charge is 0.495 e. The molecule has 0 aliphatic rings. The summed E-state index contributed by atoms with van der Waals surface area (Å²) >= 11 is 9.67. The van der Waals surface area contributed by atoms with Crippen molar-refractivity contribution >= 4 is 33.2 Å². The topological polar surface area (TPSA) is 30.5 Å². The Kier molecular flexibility index (Phi) is 6.58. The number of halogens is 3. The predicted octanol–water partition coefficient (Wildman–Crippen LogP) is 6.44. The van der Waals surface area contributed by atoms with E-state index < -0.39 is 0 Å². The van der Waals surface area contributed by atoms with Gasteiger partial charge in [-0.15, -0.1) is 0 Å². The summed E-state index contributed by atoms with van der Waals surface area (Å²) < 4.78 is 25.1. The molecule has 0 spiro atoms. The maximum Gasteiger partial charge on any atom is 0.137 e. The van der Waals surface area contributed by atoms with Crippen molar-refractivity contribution < 1.29 is 13.9 Å². The molecule has 3 aromatic rings. The lowest BCUT2D eigenvalue weighted by molar-refractivity contribution is 0.303. The van der Waals surface area contributed by atoms with E-state index in [-0.39, 0.29) is 5.82 Å². The molecule has 0 fully saturated rings. The zero-order chi connectivity index (χ0) is 19.2. The van der Waals surface area contributed by atoms with Crippen LogP contribution in [0, 0.1) is 5.82 Å². The lowest BCUT2D eigenvalue weighted by Gasteiger charge is -2.14. The van der Waals surface area contributed by atoms with Gasteiger partial charge in [-0.1, -0.05) is 39.7 Å². The molecule has 0 heterocycles. The Hall–Kier alpha value is -2.24. The summed E-state index contributed by atoms with van der Waals surface area (Å²) in [5, 5.41) is 3.88. The maximum absolute atomic E-state index is 13.0. The Bertz CT molecular complexity index is 919. The van der Waals surface area contributed by atoms with Crippen LogP contribution in [-0.2, 0) is 13.2 Å². The van der Waals surface area contributed by atoms with Gasteiger partial charge in [0.05, 0.1) is 12.1 Å². The second kappa shape index (κ2) is 9.11. The highest BCUT2D eigenvalue weighted by molar-refractivity contribution is 9.10. The standard InChI is InChI=1S/C21H18BrClFNO2/c1-26-21-9-7-18(11-19(21)23)25-12-15-10-16(22)4-8-20(15)27-13-14-2-5-17(24)6-3-14/h2-11,25H,12-13H2,1H3. The lowest BCUT2D eigenvalue weighted by atomic mass is 10.2. The van der Waals surface area contributed by atoms with Crippen LogP contribution in [0.25, 0.3) is 0 Å². The second-order valence-corrected chi connectivity index (χ2v) is 7.19. The summed E-state index contributed by atoms with van der Waals surface area (Å²) in [6.07, 6.45) is 0. The first-order valence-electron chi connectivity index (χ1n) is 8.28. The third-order valence-corrected chi connectivity index (χ3v) is 4.75. The number of nitrogens with one attached hydrogen (secondary N) is 1. The molecule has 3 aromatic carbocycles. The monoisotopic (exact) mass is 449 g/mol. The first kappa shape index (κ1) is 19.5. The minimum Gasteiger partial charge on any atom is -0.495 e. The molecule has 0 aliphatic heterocycles. The molecule has 0 amide bonds. The average molecular weight is 451 g/mol. The molecule has 0 radical (unpaired) electrons. The molecular formula is C21H18BrClFNO2. The van der Waals surface area contributed by atoms with E-state index in [4.69, 9.17) is 21.1 Å². The molecule has 3 rings (SSSR count). The van der Waals surface area contributed by atoms with E-state index in [1.165, 1.54) is 12.1 Å². The Labute approximate surface area is 171 Å². The highest BCUT2D eigenvalue weighted by atomic mass is 79.9. The molecule has 0 atom stereocenters. The summed E-state index contributed by atoms with van der Waals surface area (Å²) in [5.41, 5.74) is 2.77. The van der Waals surface area contributed by atoms with Gasteiger partial charge in [-0.3, -0.25) is 0 Å². The smallest absolute Gasteiger partial charge is 0.137 e. The van der Waals surface area contributed by atoms with Crippen LogP contribution in [-0.4, -0.2) is 7.11 Å². The van der Waals surface area contributed by atoms with Crippen LogP contribution in [0.15, 0.2) is 65.1 Å². The van der Waals surface area contributed by atoms with Crippen LogP contribution in [0.4, 0.5) is 10.1 Å². The van der Waals surface area contributed by atoms with Gasteiger partial charge in [0.2, 0.25) is 0 Å². The fraction of sp³-hybridized carbons (Fsp3) is 0.143. The lowest BCUT2D eigenvalue weighted by Crippen LogP contribution is -2.04. The third kappa shape index (κ3) is 5.37. The zero-order valence-corrected chi connectivity index (χ0v) is 17.0. The van der Waals surface area contributed by atoms with E-state index in [0.717, 1.165) is 27.0 Å². The van der Waals surface area contributed by atoms with Crippen LogP contribution in [0.1, 0.15) is 11.1 Å². The van der Waals surface area contributed by atoms with Crippen LogP contribution < -0.4 is 14.8 Å². The van der Waals surface area contributed by atoms with Crippen molar-refractivity contribution in [1.82, 2.24) is 0 Å². The Morgan fingerprint density at radius 3 is 2.44 bits per heavy atom. The first-order valence-corrected chi connectivity index (χ1v) is 9.45. The van der Waals surface area contributed by atoms with Gasteiger partial charge in [0.25, 0.3) is 0 Å². The van der Waals surface area contributed by atoms with Crippen LogP contribution in [0.3, 0.4) is 0 Å². The number of methoxy groups -OCH3 is 1. The highest BCUT2D eigenvalue weighted by Crippen LogP contribution is 2.29. The SMILES string of the molecule is COc1ccc(NCc2cc(Br)ccc2OCc2ccc(F)cc2)cc1Cl. The minimum atomic E-state index is -0.259. The molecule has 0 saturated carbocycles. The normalized spacial score (nSPS) is 10.5. The molecule has 27 heavy (non-hydrogen) atoms. The Morgan fingerprint density at radius 2 is 1.74 bits per heavy atom. The molecular weight excluding hydrogens is 433 g/mol. The number of hydrogen-bond donors (Lipinski definition) is 1. The number of benzene rings is 3. The van der Waals surface area contributed by atoms with Crippen molar-refractivity contribution in [3.63, 3.8) is 0 Å². The summed E-state index contributed by atoms with van der Waals surface area (Å²) in [5.74, 6) is 1.13. The van der Waals surface area contributed by atoms with Gasteiger partial charge < -0.3 is 14.8 Å². The molecule has 140 valence electrons. The van der Waals surface area contributed by atoms with Gasteiger partial charge in [0.15, 0.2) is 0 Å². The number of hydrogen-bond acceptors (Lipinski definition) is 3. The summed E-state index contributed by atoms with van der Waals surface area (Å²) in [7, 11) is 1.58. The van der Waals surface area contributed by atoms with Crippen molar-refractivity contribution in [2.75, 3.05) is 12.4 Å². The van der Waals surface area contributed by atoms with Gasteiger partial charge in [0.1, 0.15) is 23.9 Å². The Balaban J connectivity index is 1.70. The molecule has 0 aromatic heterocycles. The summed E-state index contributed by atoms with van der Waals surface area (Å²) in [6.45, 7) is 0.921. The van der Waals surface area contributed by atoms with E-state index in [1.807, 2.05) is 36.4 Å². The van der Waals surface area contributed by atoms with E-state index in [2.05, 4.69) is 21.2 Å². The number of ether oxygens (including phenoxy) is 2. The fourth-order valence-electron chi connectivity index (χ4n) is 2.54. The summed E-state index contributed by atoms with van der Waals surface area (Å²) in [4.78, 5) is 0. The minimum absolute atomic E-state index is 0.259. The van der Waals surface area contributed by atoms with Crippen LogP contribution in [0.5, 0.6) is 11.5 Å². The van der Waals surface area contributed by atoms with Gasteiger partial charge in [-0.05, 0) is 54.1 Å². The third-order valence-electron chi connectivity index (χ3n) is 3.96. The molecule has 1 N–H and O–H groups in total. The highest BCUT2D eigenvalue weighted by Gasteiger charge is 2.07. The fourth-order valence-corrected chi connectivity index (χ4v) is 3.21. The van der Waals surface area contributed by atoms with E-state index in [0.29, 0.717) is 23.9 Å². The van der Waals surface area contributed by atoms with Crippen molar-refractivity contribution in [1.29, 1.82) is 0 Å². The van der Waals surface area contributed by atoms with Crippen molar-refractivity contribution in [2.45, 2.75) is 13.2 Å². The molecule has 0 unspecified atom stereocenters. The van der Waals surface area contributed by atoms with Crippen molar-refractivity contribution in [3.8, 4) is 11.5 Å². The van der Waals surface area contributed by atoms with Gasteiger partial charge >= 0.3 is 0 Å². The van der Waals surface area contributed by atoms with Gasteiger partial charge in [0, 0.05) is 22.3 Å². The van der Waals surface area contributed by atoms with E-state index in [1.54, 1.807) is 19.2 Å². The average Bonchev–Trinajstić information content (AvgIpc) is 2.67. The van der Waals surface area contributed by atoms with Crippen molar-refractivity contribution in [3.05, 3.63) is 87.1 Å². The quantitative estimate of drug-likeness (QED) is 0.449. The molecule has 3 nitrogen and oxygen atoms in total. The Morgan fingerprint density at radius 1 is 1.00 bits per heavy atom. The first-order chi connectivity index (χ1) is 13.0. The van der Waals surface area contributed by atoms with E-state index >= 15 is 0 Å². The van der Waals surface area contributed by atoms with Crippen LogP contribution in [0.2, 0.25) is 5.02 Å². The summed E-state index contributed by atoms with van der Waals surface area (Å²) in [6, 6.07) is 17.7. The van der Waals surface area contributed by atoms with Crippen LogP contribution >= 0.6 is 27.5 Å². The molecule has 0 bridgehead atoms. The van der Waals surface area contributed by atoms with E-state index in [9.17, 15) is 4.39 Å². The molecule has 0 saturated heterocycles. The zero-order valence-electron chi connectivity index (χ0n) is 14.6. The van der Waals surface area contributed by atoms with Gasteiger partial charge in [-0.25, -0.2) is 4.39 Å². The maximum atomic E-state index is 13.0. The molecule has 0 aliphatic carbocycles. The molecule has 6 heteroatoms. The van der Waals surface area contributed by atoms with Gasteiger partial charge in [-0.2, -0.15) is 0 Å². The van der Waals surface area contributed by atoms with Crippen molar-refractivity contribution in [2.24, 2.45) is 0 Å².